The number of carbonyl (C=O) groups is 2. The number of benzene rings is 1. The minimum Gasteiger partial charge on any atom is -0.481 e. The Bertz CT molecular complexity index is 562. The summed E-state index contributed by atoms with van der Waals surface area (Å²) in [6.07, 6.45) is 1.68. The lowest BCUT2D eigenvalue weighted by molar-refractivity contribution is -0.146. The number of aliphatic carboxylic acids is 1. The first kappa shape index (κ1) is 15.4. The maximum absolute atomic E-state index is 13.6. The molecule has 0 aromatic heterocycles. The van der Waals surface area contributed by atoms with Crippen LogP contribution in [0.1, 0.15) is 37.8 Å². The largest absolute Gasteiger partial charge is 0.481 e. The Morgan fingerprint density at radius 1 is 1.29 bits per heavy atom. The molecular weight excluding hydrogens is 280 g/mol. The van der Waals surface area contributed by atoms with E-state index >= 15 is 0 Å². The number of carboxylic acids is 1. The van der Waals surface area contributed by atoms with Gasteiger partial charge in [0, 0.05) is 11.6 Å². The molecule has 0 saturated heterocycles. The number of hydrogen-bond donors (Lipinski definition) is 2. The van der Waals surface area contributed by atoms with Crippen molar-refractivity contribution < 1.29 is 23.5 Å². The van der Waals surface area contributed by atoms with Gasteiger partial charge in [0.05, 0.1) is 17.9 Å². The molecule has 3 atom stereocenters. The van der Waals surface area contributed by atoms with E-state index in [1.165, 1.54) is 6.07 Å². The molecule has 0 radical (unpaired) electrons. The van der Waals surface area contributed by atoms with E-state index in [0.29, 0.717) is 19.3 Å². The molecular formula is C15H17F2NO3. The quantitative estimate of drug-likeness (QED) is 0.898. The summed E-state index contributed by atoms with van der Waals surface area (Å²) in [5.74, 6) is -4.06. The second-order valence-electron chi connectivity index (χ2n) is 5.38. The van der Waals surface area contributed by atoms with E-state index in [4.69, 9.17) is 5.11 Å². The van der Waals surface area contributed by atoms with Gasteiger partial charge in [0.1, 0.15) is 11.6 Å². The van der Waals surface area contributed by atoms with Crippen LogP contribution in [0.25, 0.3) is 0 Å². The smallest absolute Gasteiger partial charge is 0.307 e. The highest BCUT2D eigenvalue weighted by Gasteiger charge is 2.38. The van der Waals surface area contributed by atoms with Gasteiger partial charge in [-0.25, -0.2) is 8.78 Å². The molecule has 114 valence electrons. The molecule has 1 saturated carbocycles. The van der Waals surface area contributed by atoms with Crippen molar-refractivity contribution in [1.82, 2.24) is 5.32 Å². The van der Waals surface area contributed by atoms with Crippen molar-refractivity contribution in [2.24, 2.45) is 11.8 Å². The molecule has 0 heterocycles. The van der Waals surface area contributed by atoms with E-state index in [2.05, 4.69) is 5.32 Å². The molecule has 1 aliphatic rings. The maximum Gasteiger partial charge on any atom is 0.307 e. The van der Waals surface area contributed by atoms with Gasteiger partial charge in [-0.15, -0.1) is 0 Å². The topological polar surface area (TPSA) is 66.4 Å². The zero-order valence-corrected chi connectivity index (χ0v) is 11.6. The second-order valence-corrected chi connectivity index (χ2v) is 5.38. The fourth-order valence-electron chi connectivity index (χ4n) is 2.82. The summed E-state index contributed by atoms with van der Waals surface area (Å²) in [4.78, 5) is 23.2. The number of nitrogens with one attached hydrogen (secondary N) is 1. The first-order chi connectivity index (χ1) is 9.90. The van der Waals surface area contributed by atoms with Crippen LogP contribution >= 0.6 is 0 Å². The first-order valence-electron chi connectivity index (χ1n) is 6.88. The van der Waals surface area contributed by atoms with Gasteiger partial charge in [-0.3, -0.25) is 9.59 Å². The highest BCUT2D eigenvalue weighted by atomic mass is 19.1. The van der Waals surface area contributed by atoms with Crippen LogP contribution in [0.5, 0.6) is 0 Å². The Kier molecular flexibility index (Phi) is 4.55. The van der Waals surface area contributed by atoms with Gasteiger partial charge in [-0.1, -0.05) is 12.5 Å². The van der Waals surface area contributed by atoms with Crippen LogP contribution in [0.4, 0.5) is 8.78 Å². The van der Waals surface area contributed by atoms with Gasteiger partial charge in [0.15, 0.2) is 0 Å². The van der Waals surface area contributed by atoms with Crippen molar-refractivity contribution >= 4 is 11.9 Å². The SMILES string of the molecule is CC(NC(=O)[C@@H]1CCC[C@@H]1C(=O)O)c1ccc(F)cc1F. The maximum atomic E-state index is 13.6. The summed E-state index contributed by atoms with van der Waals surface area (Å²) < 4.78 is 26.5. The lowest BCUT2D eigenvalue weighted by atomic mass is 9.94. The molecule has 1 fully saturated rings. The van der Waals surface area contributed by atoms with Gasteiger partial charge in [-0.2, -0.15) is 0 Å². The third-order valence-corrected chi connectivity index (χ3v) is 3.96. The molecule has 1 unspecified atom stereocenters. The van der Waals surface area contributed by atoms with Gasteiger partial charge >= 0.3 is 5.97 Å². The third kappa shape index (κ3) is 3.37. The van der Waals surface area contributed by atoms with Gasteiger partial charge in [0.25, 0.3) is 0 Å². The van der Waals surface area contributed by atoms with E-state index in [-0.39, 0.29) is 5.56 Å². The number of carbonyl (C=O) groups excluding carboxylic acids is 1. The predicted molar refractivity (Wildman–Crippen MR) is 71.4 cm³/mol. The fraction of sp³-hybridized carbons (Fsp3) is 0.467. The Morgan fingerprint density at radius 3 is 2.57 bits per heavy atom. The molecule has 1 aromatic rings. The van der Waals surface area contributed by atoms with Crippen molar-refractivity contribution in [2.75, 3.05) is 0 Å². The zero-order chi connectivity index (χ0) is 15.6. The van der Waals surface area contributed by atoms with E-state index < -0.39 is 41.4 Å². The van der Waals surface area contributed by atoms with Gasteiger partial charge in [0.2, 0.25) is 5.91 Å². The molecule has 6 heteroatoms. The number of rotatable bonds is 4. The molecule has 1 amide bonds. The van der Waals surface area contributed by atoms with Crippen LogP contribution in [0.3, 0.4) is 0 Å². The highest BCUT2D eigenvalue weighted by Crippen LogP contribution is 2.32. The van der Waals surface area contributed by atoms with Crippen LogP contribution in [0.2, 0.25) is 0 Å². The molecule has 2 N–H and O–H groups in total. The standard InChI is InChI=1S/C15H17F2NO3/c1-8(10-6-5-9(16)7-13(10)17)18-14(19)11-3-2-4-12(11)15(20)21/h5-8,11-12H,2-4H2,1H3,(H,18,19)(H,20,21)/t8?,11-,12+/m1/s1. The van der Waals surface area contributed by atoms with Crippen molar-refractivity contribution in [3.8, 4) is 0 Å². The molecule has 2 rings (SSSR count). The Morgan fingerprint density at radius 2 is 1.95 bits per heavy atom. The van der Waals surface area contributed by atoms with Crippen molar-refractivity contribution in [1.29, 1.82) is 0 Å². The minimum absolute atomic E-state index is 0.176. The van der Waals surface area contributed by atoms with Crippen LogP contribution < -0.4 is 5.32 Å². The van der Waals surface area contributed by atoms with Crippen molar-refractivity contribution in [3.63, 3.8) is 0 Å². The number of amides is 1. The number of carboxylic acid groups (broad SMARTS) is 1. The predicted octanol–water partition coefficient (Wildman–Crippen LogP) is 2.64. The summed E-state index contributed by atoms with van der Waals surface area (Å²) in [6, 6.07) is 2.51. The van der Waals surface area contributed by atoms with E-state index in [9.17, 15) is 18.4 Å². The highest BCUT2D eigenvalue weighted by molar-refractivity contribution is 5.85. The summed E-state index contributed by atoms with van der Waals surface area (Å²) in [7, 11) is 0. The Hall–Kier alpha value is -1.98. The average Bonchev–Trinajstić information content (AvgIpc) is 2.87. The minimum atomic E-state index is -0.978. The molecule has 0 spiro atoms. The van der Waals surface area contributed by atoms with Gasteiger partial charge in [-0.05, 0) is 25.8 Å². The molecule has 21 heavy (non-hydrogen) atoms. The van der Waals surface area contributed by atoms with Gasteiger partial charge < -0.3 is 10.4 Å². The fourth-order valence-corrected chi connectivity index (χ4v) is 2.82. The third-order valence-electron chi connectivity index (χ3n) is 3.96. The molecule has 0 aliphatic heterocycles. The summed E-state index contributed by atoms with van der Waals surface area (Å²) in [6.45, 7) is 1.58. The zero-order valence-electron chi connectivity index (χ0n) is 11.6. The number of halogens is 2. The van der Waals surface area contributed by atoms with E-state index in [1.54, 1.807) is 6.92 Å². The number of hydrogen-bond acceptors (Lipinski definition) is 2. The summed E-state index contributed by atoms with van der Waals surface area (Å²) >= 11 is 0. The average molecular weight is 297 g/mol. The van der Waals surface area contributed by atoms with Crippen LogP contribution in [0, 0.1) is 23.5 Å². The van der Waals surface area contributed by atoms with Crippen LogP contribution in [-0.2, 0) is 9.59 Å². The lowest BCUT2D eigenvalue weighted by Crippen LogP contribution is -2.36. The normalized spacial score (nSPS) is 22.8. The van der Waals surface area contributed by atoms with E-state index in [0.717, 1.165) is 12.1 Å². The summed E-state index contributed by atoms with van der Waals surface area (Å²) in [5, 5.41) is 11.7. The second kappa shape index (κ2) is 6.20. The monoisotopic (exact) mass is 297 g/mol. The first-order valence-corrected chi connectivity index (χ1v) is 6.88. The van der Waals surface area contributed by atoms with Crippen molar-refractivity contribution in [3.05, 3.63) is 35.4 Å². The van der Waals surface area contributed by atoms with Crippen LogP contribution in [0.15, 0.2) is 18.2 Å². The Balaban J connectivity index is 2.06. The lowest BCUT2D eigenvalue weighted by Gasteiger charge is -2.20. The van der Waals surface area contributed by atoms with Crippen molar-refractivity contribution in [2.45, 2.75) is 32.2 Å². The van der Waals surface area contributed by atoms with Crippen LogP contribution in [-0.4, -0.2) is 17.0 Å². The molecule has 1 aliphatic carbocycles. The molecule has 0 bridgehead atoms. The van der Waals surface area contributed by atoms with E-state index in [1.807, 2.05) is 0 Å². The Labute approximate surface area is 121 Å². The molecule has 4 nitrogen and oxygen atoms in total. The molecule has 1 aromatic carbocycles. The summed E-state index contributed by atoms with van der Waals surface area (Å²) in [5.41, 5.74) is 0.176.